The summed E-state index contributed by atoms with van der Waals surface area (Å²) in [4.78, 5) is 10.9. The van der Waals surface area contributed by atoms with Crippen molar-refractivity contribution < 1.29 is 4.74 Å². The molecule has 0 saturated carbocycles. The molecular formula is C16H19ClN4O. The van der Waals surface area contributed by atoms with E-state index in [2.05, 4.69) is 32.3 Å². The van der Waals surface area contributed by atoms with Crippen molar-refractivity contribution in [1.82, 2.24) is 14.9 Å². The maximum atomic E-state index is 5.92. The number of nitrogens with one attached hydrogen (secondary N) is 1. The van der Waals surface area contributed by atoms with Crippen molar-refractivity contribution in [3.8, 4) is 5.88 Å². The van der Waals surface area contributed by atoms with E-state index in [9.17, 15) is 0 Å². The van der Waals surface area contributed by atoms with Crippen molar-refractivity contribution in [2.75, 3.05) is 25.5 Å². The number of methoxy groups -OCH3 is 1. The molecule has 3 rings (SSSR count). The van der Waals surface area contributed by atoms with Crippen molar-refractivity contribution in [1.29, 1.82) is 0 Å². The molecule has 1 aromatic carbocycles. The molecule has 1 aliphatic heterocycles. The molecule has 0 spiro atoms. The van der Waals surface area contributed by atoms with E-state index < -0.39 is 0 Å². The first-order valence-electron chi connectivity index (χ1n) is 7.33. The highest BCUT2D eigenvalue weighted by molar-refractivity contribution is 6.30. The maximum absolute atomic E-state index is 5.92. The van der Waals surface area contributed by atoms with Crippen molar-refractivity contribution in [2.24, 2.45) is 0 Å². The molecule has 2 aromatic rings. The summed E-state index contributed by atoms with van der Waals surface area (Å²) in [6.45, 7) is 2.97. The third-order valence-electron chi connectivity index (χ3n) is 3.76. The van der Waals surface area contributed by atoms with Crippen molar-refractivity contribution in [2.45, 2.75) is 19.0 Å². The first-order chi connectivity index (χ1) is 10.7. The van der Waals surface area contributed by atoms with Crippen LogP contribution in [0, 0.1) is 0 Å². The van der Waals surface area contributed by atoms with E-state index in [0.29, 0.717) is 17.9 Å². The quantitative estimate of drug-likeness (QED) is 0.918. The van der Waals surface area contributed by atoms with Gasteiger partial charge in [0.1, 0.15) is 0 Å². The minimum Gasteiger partial charge on any atom is -0.481 e. The van der Waals surface area contributed by atoms with Gasteiger partial charge in [0.25, 0.3) is 0 Å². The van der Waals surface area contributed by atoms with Crippen LogP contribution in [0.15, 0.2) is 36.5 Å². The van der Waals surface area contributed by atoms with Crippen LogP contribution in [0.3, 0.4) is 0 Å². The number of rotatable bonds is 5. The molecule has 2 heterocycles. The second-order valence-corrected chi connectivity index (χ2v) is 5.85. The number of halogens is 1. The Labute approximate surface area is 135 Å². The number of likely N-dealkylation sites (tertiary alicyclic amines) is 1. The van der Waals surface area contributed by atoms with E-state index in [-0.39, 0.29) is 0 Å². The second kappa shape index (κ2) is 6.94. The zero-order valence-electron chi connectivity index (χ0n) is 12.5. The molecule has 1 aromatic heterocycles. The number of ether oxygens (including phenoxy) is 1. The molecule has 116 valence electrons. The van der Waals surface area contributed by atoms with Crippen LogP contribution in [0.4, 0.5) is 5.95 Å². The third kappa shape index (κ3) is 3.87. The van der Waals surface area contributed by atoms with E-state index in [1.54, 1.807) is 19.4 Å². The molecule has 1 atom stereocenters. The number of aromatic nitrogens is 2. The van der Waals surface area contributed by atoms with E-state index in [0.717, 1.165) is 31.1 Å². The summed E-state index contributed by atoms with van der Waals surface area (Å²) in [5, 5.41) is 4.15. The Bertz CT molecular complexity index is 620. The van der Waals surface area contributed by atoms with E-state index in [1.165, 1.54) is 5.56 Å². The normalized spacial score (nSPS) is 18.4. The number of hydrogen-bond acceptors (Lipinski definition) is 5. The summed E-state index contributed by atoms with van der Waals surface area (Å²) in [7, 11) is 1.61. The Morgan fingerprint density at radius 3 is 2.91 bits per heavy atom. The molecule has 0 bridgehead atoms. The highest BCUT2D eigenvalue weighted by atomic mass is 35.5. The lowest BCUT2D eigenvalue weighted by Gasteiger charge is -2.17. The molecule has 6 heteroatoms. The van der Waals surface area contributed by atoms with Gasteiger partial charge in [-0.15, -0.1) is 0 Å². The van der Waals surface area contributed by atoms with Crippen LogP contribution in [0.5, 0.6) is 5.88 Å². The second-order valence-electron chi connectivity index (χ2n) is 5.41. The highest BCUT2D eigenvalue weighted by Gasteiger charge is 2.23. The summed E-state index contributed by atoms with van der Waals surface area (Å²) < 4.78 is 5.12. The van der Waals surface area contributed by atoms with Gasteiger partial charge in [-0.2, -0.15) is 4.98 Å². The first kappa shape index (κ1) is 15.1. The largest absolute Gasteiger partial charge is 0.481 e. The van der Waals surface area contributed by atoms with Crippen LogP contribution in [0.2, 0.25) is 5.02 Å². The zero-order chi connectivity index (χ0) is 15.4. The number of hydrogen-bond donors (Lipinski definition) is 1. The van der Waals surface area contributed by atoms with Crippen molar-refractivity contribution in [3.63, 3.8) is 0 Å². The van der Waals surface area contributed by atoms with Gasteiger partial charge in [0, 0.05) is 43.0 Å². The molecule has 1 saturated heterocycles. The maximum Gasteiger partial charge on any atom is 0.226 e. The lowest BCUT2D eigenvalue weighted by atomic mass is 10.2. The topological polar surface area (TPSA) is 50.3 Å². The minimum atomic E-state index is 0.361. The molecule has 1 fully saturated rings. The summed E-state index contributed by atoms with van der Waals surface area (Å²) >= 11 is 5.92. The van der Waals surface area contributed by atoms with E-state index in [4.69, 9.17) is 16.3 Å². The lowest BCUT2D eigenvalue weighted by molar-refractivity contribution is 0.328. The molecule has 5 nitrogen and oxygen atoms in total. The Hall–Kier alpha value is -1.85. The van der Waals surface area contributed by atoms with Crippen LogP contribution in [-0.4, -0.2) is 41.1 Å². The van der Waals surface area contributed by atoms with Gasteiger partial charge in [0.05, 0.1) is 7.11 Å². The average molecular weight is 319 g/mol. The van der Waals surface area contributed by atoms with Gasteiger partial charge in [0.15, 0.2) is 0 Å². The lowest BCUT2D eigenvalue weighted by Crippen LogP contribution is -2.26. The summed E-state index contributed by atoms with van der Waals surface area (Å²) in [6.07, 6.45) is 2.78. The standard InChI is InChI=1S/C16H19ClN4O/c1-22-15-6-8-18-16(20-15)19-14-7-9-21(11-14)10-12-2-4-13(17)5-3-12/h2-6,8,14H,7,9-11H2,1H3,(H,18,19,20). The molecule has 0 aliphatic carbocycles. The van der Waals surface area contributed by atoms with E-state index >= 15 is 0 Å². The minimum absolute atomic E-state index is 0.361. The van der Waals surface area contributed by atoms with Crippen LogP contribution in [-0.2, 0) is 6.54 Å². The first-order valence-corrected chi connectivity index (χ1v) is 7.71. The fourth-order valence-corrected chi connectivity index (χ4v) is 2.78. The van der Waals surface area contributed by atoms with Crippen LogP contribution in [0.1, 0.15) is 12.0 Å². The molecule has 1 N–H and O–H groups in total. The van der Waals surface area contributed by atoms with Gasteiger partial charge in [-0.1, -0.05) is 23.7 Å². The Morgan fingerprint density at radius 1 is 1.32 bits per heavy atom. The zero-order valence-corrected chi connectivity index (χ0v) is 13.3. The average Bonchev–Trinajstić information content (AvgIpc) is 2.97. The Balaban J connectivity index is 1.54. The highest BCUT2D eigenvalue weighted by Crippen LogP contribution is 2.18. The van der Waals surface area contributed by atoms with E-state index in [1.807, 2.05) is 12.1 Å². The van der Waals surface area contributed by atoms with Gasteiger partial charge in [-0.25, -0.2) is 4.98 Å². The van der Waals surface area contributed by atoms with Gasteiger partial charge < -0.3 is 10.1 Å². The van der Waals surface area contributed by atoms with Crippen molar-refractivity contribution >= 4 is 17.5 Å². The van der Waals surface area contributed by atoms with Crippen LogP contribution >= 0.6 is 11.6 Å². The summed E-state index contributed by atoms with van der Waals surface area (Å²) in [5.41, 5.74) is 1.28. The fraction of sp³-hybridized carbons (Fsp3) is 0.375. The SMILES string of the molecule is COc1ccnc(NC2CCN(Cc3ccc(Cl)cc3)C2)n1. The van der Waals surface area contributed by atoms with Gasteiger partial charge >= 0.3 is 0 Å². The third-order valence-corrected chi connectivity index (χ3v) is 4.02. The smallest absolute Gasteiger partial charge is 0.226 e. The van der Waals surface area contributed by atoms with Crippen molar-refractivity contribution in [3.05, 3.63) is 47.1 Å². The number of nitrogens with zero attached hydrogens (tertiary/aromatic N) is 3. The number of anilines is 1. The molecule has 22 heavy (non-hydrogen) atoms. The molecular weight excluding hydrogens is 300 g/mol. The Kier molecular flexibility index (Phi) is 4.75. The van der Waals surface area contributed by atoms with Gasteiger partial charge in [-0.3, -0.25) is 4.90 Å². The van der Waals surface area contributed by atoms with Crippen LogP contribution < -0.4 is 10.1 Å². The summed E-state index contributed by atoms with van der Waals surface area (Å²) in [6, 6.07) is 10.1. The fourth-order valence-electron chi connectivity index (χ4n) is 2.65. The predicted octanol–water partition coefficient (Wildman–Crippen LogP) is 2.83. The predicted molar refractivity (Wildman–Crippen MR) is 87.3 cm³/mol. The summed E-state index contributed by atoms with van der Waals surface area (Å²) in [5.74, 6) is 1.20. The molecule has 0 radical (unpaired) electrons. The molecule has 1 aliphatic rings. The molecule has 1 unspecified atom stereocenters. The Morgan fingerprint density at radius 2 is 2.14 bits per heavy atom. The van der Waals surface area contributed by atoms with Gasteiger partial charge in [-0.05, 0) is 24.1 Å². The number of benzene rings is 1. The monoisotopic (exact) mass is 318 g/mol. The van der Waals surface area contributed by atoms with Gasteiger partial charge in [0.2, 0.25) is 11.8 Å². The molecule has 0 amide bonds. The van der Waals surface area contributed by atoms with Crippen LogP contribution in [0.25, 0.3) is 0 Å².